The topological polar surface area (TPSA) is 98.2 Å². The van der Waals surface area contributed by atoms with Gasteiger partial charge < -0.3 is 18.9 Å². The second-order valence-electron chi connectivity index (χ2n) is 6.29. The third-order valence-electron chi connectivity index (χ3n) is 4.74. The number of hydrogen-bond donors (Lipinski definition) is 1. The lowest BCUT2D eigenvalue weighted by Gasteiger charge is -2.31. The second kappa shape index (κ2) is 7.61. The maximum absolute atomic E-state index is 11.7. The maximum Gasteiger partial charge on any atom is 0.285 e. The number of nitrogens with one attached hydrogen (secondary N) is 1. The van der Waals surface area contributed by atoms with Crippen molar-refractivity contribution in [3.63, 3.8) is 0 Å². The molecule has 1 aliphatic rings. The van der Waals surface area contributed by atoms with Gasteiger partial charge in [0.1, 0.15) is 17.0 Å². The molecule has 0 fully saturated rings. The summed E-state index contributed by atoms with van der Waals surface area (Å²) in [6.45, 7) is 1.83. The number of halogens is 1. The minimum atomic E-state index is -0.405. The molecule has 146 valence electrons. The van der Waals surface area contributed by atoms with Crippen molar-refractivity contribution < 1.29 is 9.47 Å². The molecule has 1 unspecified atom stereocenters. The van der Waals surface area contributed by atoms with Crippen LogP contribution >= 0.6 is 11.6 Å². The van der Waals surface area contributed by atoms with Crippen LogP contribution in [0.5, 0.6) is 5.88 Å². The van der Waals surface area contributed by atoms with E-state index >= 15 is 0 Å². The van der Waals surface area contributed by atoms with E-state index in [1.165, 1.54) is 0 Å². The quantitative estimate of drug-likeness (QED) is 0.694. The van der Waals surface area contributed by atoms with Crippen LogP contribution in [0.15, 0.2) is 35.4 Å². The molecule has 0 saturated carbocycles. The molecule has 0 radical (unpaired) electrons. The summed E-state index contributed by atoms with van der Waals surface area (Å²) in [5, 5.41) is 6.31. The van der Waals surface area contributed by atoms with Crippen molar-refractivity contribution in [2.24, 2.45) is 0 Å². The molecule has 0 aromatic carbocycles. The van der Waals surface area contributed by atoms with E-state index in [-0.39, 0.29) is 11.1 Å². The van der Waals surface area contributed by atoms with E-state index in [1.807, 2.05) is 17.0 Å². The summed E-state index contributed by atoms with van der Waals surface area (Å²) in [5.74, 6) is 1.38. The Balaban J connectivity index is 1.64. The molecule has 0 spiro atoms. The molecule has 0 saturated heterocycles. The standard InChI is InChI=1S/C18H19ClN6O3/c1-27-15-5-3-4-11(22-15)17(28-2)13-8-20-14-10-24(6-7-25(13)14)12-9-21-23-18(26)16(12)19/h3-5,8-9,17H,6-7,10H2,1-2H3,(H,23,26). The first-order valence-corrected chi connectivity index (χ1v) is 9.06. The number of aromatic amines is 1. The molecule has 10 heteroatoms. The van der Waals surface area contributed by atoms with Gasteiger partial charge in [0, 0.05) is 26.3 Å². The van der Waals surface area contributed by atoms with Crippen molar-refractivity contribution in [2.45, 2.75) is 19.2 Å². The van der Waals surface area contributed by atoms with Gasteiger partial charge in [-0.3, -0.25) is 4.79 Å². The molecule has 4 heterocycles. The molecule has 1 aliphatic heterocycles. The van der Waals surface area contributed by atoms with Crippen LogP contribution in [0.3, 0.4) is 0 Å². The molecule has 1 atom stereocenters. The number of fused-ring (bicyclic) bond motifs is 1. The fraction of sp³-hybridized carbons (Fsp3) is 0.333. The molecular weight excluding hydrogens is 384 g/mol. The third kappa shape index (κ3) is 3.23. The number of nitrogens with zero attached hydrogens (tertiary/aromatic N) is 5. The SMILES string of the molecule is COc1cccc(C(OC)c2cnc3n2CCN(c2cn[nH]c(=O)c2Cl)C3)n1. The van der Waals surface area contributed by atoms with Crippen LogP contribution in [0.25, 0.3) is 0 Å². The van der Waals surface area contributed by atoms with Crippen molar-refractivity contribution in [3.05, 3.63) is 63.2 Å². The predicted molar refractivity (Wildman–Crippen MR) is 103 cm³/mol. The number of imidazole rings is 1. The number of anilines is 1. The molecule has 3 aromatic heterocycles. The van der Waals surface area contributed by atoms with Crippen molar-refractivity contribution in [1.29, 1.82) is 0 Å². The largest absolute Gasteiger partial charge is 0.481 e. The zero-order valence-corrected chi connectivity index (χ0v) is 16.2. The Morgan fingerprint density at radius 2 is 2.11 bits per heavy atom. The highest BCUT2D eigenvalue weighted by molar-refractivity contribution is 6.32. The van der Waals surface area contributed by atoms with Gasteiger partial charge in [0.25, 0.3) is 5.56 Å². The highest BCUT2D eigenvalue weighted by Crippen LogP contribution is 2.30. The number of H-pyrrole nitrogens is 1. The lowest BCUT2D eigenvalue weighted by molar-refractivity contribution is 0.124. The molecule has 9 nitrogen and oxygen atoms in total. The average Bonchev–Trinajstić information content (AvgIpc) is 3.14. The summed E-state index contributed by atoms with van der Waals surface area (Å²) in [6.07, 6.45) is 2.99. The zero-order chi connectivity index (χ0) is 19.7. The molecule has 0 amide bonds. The summed E-state index contributed by atoms with van der Waals surface area (Å²) in [5.41, 5.74) is 1.85. The number of rotatable bonds is 5. The fourth-order valence-corrected chi connectivity index (χ4v) is 3.59. The van der Waals surface area contributed by atoms with E-state index < -0.39 is 5.56 Å². The number of aromatic nitrogens is 5. The molecule has 28 heavy (non-hydrogen) atoms. The Morgan fingerprint density at radius 3 is 2.89 bits per heavy atom. The van der Waals surface area contributed by atoms with Gasteiger partial charge >= 0.3 is 0 Å². The Bertz CT molecular complexity index is 1050. The third-order valence-corrected chi connectivity index (χ3v) is 5.11. The summed E-state index contributed by atoms with van der Waals surface area (Å²) < 4.78 is 13.1. The van der Waals surface area contributed by atoms with Gasteiger partial charge in [-0.25, -0.2) is 15.1 Å². The van der Waals surface area contributed by atoms with E-state index in [0.717, 1.165) is 17.2 Å². The van der Waals surface area contributed by atoms with E-state index in [4.69, 9.17) is 21.1 Å². The Labute approximate surface area is 165 Å². The van der Waals surface area contributed by atoms with Gasteiger partial charge in [-0.05, 0) is 6.07 Å². The summed E-state index contributed by atoms with van der Waals surface area (Å²) >= 11 is 6.15. The minimum Gasteiger partial charge on any atom is -0.481 e. The number of hydrogen-bond acceptors (Lipinski definition) is 7. The van der Waals surface area contributed by atoms with Crippen LogP contribution in [-0.4, -0.2) is 45.5 Å². The van der Waals surface area contributed by atoms with Crippen molar-refractivity contribution >= 4 is 17.3 Å². The van der Waals surface area contributed by atoms with Crippen LogP contribution in [0.4, 0.5) is 5.69 Å². The van der Waals surface area contributed by atoms with Gasteiger partial charge in [0.15, 0.2) is 0 Å². The van der Waals surface area contributed by atoms with Crippen molar-refractivity contribution in [3.8, 4) is 5.88 Å². The first-order chi connectivity index (χ1) is 13.6. The Kier molecular flexibility index (Phi) is 5.01. The van der Waals surface area contributed by atoms with E-state index in [0.29, 0.717) is 31.2 Å². The lowest BCUT2D eigenvalue weighted by Crippen LogP contribution is -2.36. The molecule has 4 rings (SSSR count). The Morgan fingerprint density at radius 1 is 1.25 bits per heavy atom. The highest BCUT2D eigenvalue weighted by atomic mass is 35.5. The van der Waals surface area contributed by atoms with Gasteiger partial charge in [-0.1, -0.05) is 17.7 Å². The summed E-state index contributed by atoms with van der Waals surface area (Å²) in [4.78, 5) is 22.8. The maximum atomic E-state index is 11.7. The summed E-state index contributed by atoms with van der Waals surface area (Å²) in [7, 11) is 3.22. The first-order valence-electron chi connectivity index (χ1n) is 8.68. The van der Waals surface area contributed by atoms with Gasteiger partial charge in [-0.2, -0.15) is 5.10 Å². The van der Waals surface area contributed by atoms with Gasteiger partial charge in [-0.15, -0.1) is 0 Å². The smallest absolute Gasteiger partial charge is 0.285 e. The van der Waals surface area contributed by atoms with Gasteiger partial charge in [0.2, 0.25) is 5.88 Å². The van der Waals surface area contributed by atoms with Crippen LogP contribution in [0, 0.1) is 0 Å². The molecule has 3 aromatic rings. The normalized spacial score (nSPS) is 14.6. The van der Waals surface area contributed by atoms with E-state index in [9.17, 15) is 4.79 Å². The number of pyridine rings is 1. The van der Waals surface area contributed by atoms with Crippen LogP contribution < -0.4 is 15.2 Å². The Hall–Kier alpha value is -2.91. The number of methoxy groups -OCH3 is 2. The van der Waals surface area contributed by atoms with Crippen LogP contribution in [0.1, 0.15) is 23.3 Å². The minimum absolute atomic E-state index is 0.130. The molecular formula is C18H19ClN6O3. The van der Waals surface area contributed by atoms with Crippen LogP contribution in [0.2, 0.25) is 5.02 Å². The zero-order valence-electron chi connectivity index (χ0n) is 15.4. The molecule has 0 aliphatic carbocycles. The number of ether oxygens (including phenoxy) is 2. The van der Waals surface area contributed by atoms with Crippen molar-refractivity contribution in [1.82, 2.24) is 24.7 Å². The van der Waals surface area contributed by atoms with Crippen molar-refractivity contribution in [2.75, 3.05) is 25.7 Å². The van der Waals surface area contributed by atoms with E-state index in [2.05, 4.69) is 24.7 Å². The monoisotopic (exact) mass is 402 g/mol. The summed E-state index contributed by atoms with van der Waals surface area (Å²) in [6, 6.07) is 5.57. The lowest BCUT2D eigenvalue weighted by atomic mass is 10.1. The second-order valence-corrected chi connectivity index (χ2v) is 6.67. The van der Waals surface area contributed by atoms with E-state index in [1.54, 1.807) is 32.7 Å². The van der Waals surface area contributed by atoms with Crippen LogP contribution in [-0.2, 0) is 17.8 Å². The first kappa shape index (κ1) is 18.5. The molecule has 1 N–H and O–H groups in total. The molecule has 0 bridgehead atoms. The van der Waals surface area contributed by atoms with Gasteiger partial charge in [0.05, 0.1) is 43.1 Å². The fourth-order valence-electron chi connectivity index (χ4n) is 3.38. The highest BCUT2D eigenvalue weighted by Gasteiger charge is 2.27. The average molecular weight is 403 g/mol. The predicted octanol–water partition coefficient (Wildman–Crippen LogP) is 1.78.